The molecule has 1 fully saturated rings. The predicted molar refractivity (Wildman–Crippen MR) is 139 cm³/mol. The number of fused-ring (bicyclic) bond motifs is 1. The van der Waals surface area contributed by atoms with Crippen molar-refractivity contribution in [3.8, 4) is 11.5 Å². The first kappa shape index (κ1) is 27.3. The van der Waals surface area contributed by atoms with Crippen molar-refractivity contribution in [2.75, 3.05) is 19.6 Å². The number of aromatic nitrogens is 4. The molecule has 0 atom stereocenters. The van der Waals surface area contributed by atoms with E-state index in [0.717, 1.165) is 49.3 Å². The Morgan fingerprint density at radius 2 is 1.77 bits per heavy atom. The SMILES string of the molecule is O=C(NCCn1nc(-c2ccco2)ccc1=O)C1CCN(Cc2nc3ccccc3[nH]2)CC1.O=C(O)C(=O)O. The number of carboxylic acid groups (broad SMARTS) is 2. The van der Waals surface area contributed by atoms with Gasteiger partial charge in [-0.25, -0.2) is 19.3 Å². The van der Waals surface area contributed by atoms with Crippen molar-refractivity contribution >= 4 is 28.9 Å². The monoisotopic (exact) mass is 536 g/mol. The zero-order valence-corrected chi connectivity index (χ0v) is 20.9. The minimum absolute atomic E-state index is 0.0175. The van der Waals surface area contributed by atoms with Gasteiger partial charge in [-0.2, -0.15) is 5.10 Å². The third kappa shape index (κ3) is 7.38. The second-order valence-corrected chi connectivity index (χ2v) is 8.91. The molecular formula is C26H28N6O7. The molecule has 1 aliphatic rings. The lowest BCUT2D eigenvalue weighted by Gasteiger charge is -2.30. The van der Waals surface area contributed by atoms with Gasteiger partial charge in [-0.3, -0.25) is 14.5 Å². The van der Waals surface area contributed by atoms with Crippen molar-refractivity contribution in [1.29, 1.82) is 0 Å². The Morgan fingerprint density at radius 3 is 2.44 bits per heavy atom. The van der Waals surface area contributed by atoms with Crippen LogP contribution in [0.25, 0.3) is 22.5 Å². The molecule has 1 aromatic carbocycles. The van der Waals surface area contributed by atoms with Gasteiger partial charge in [0, 0.05) is 18.5 Å². The summed E-state index contributed by atoms with van der Waals surface area (Å²) in [6.07, 6.45) is 3.17. The number of piperidine rings is 1. The molecule has 39 heavy (non-hydrogen) atoms. The van der Waals surface area contributed by atoms with Crippen molar-refractivity contribution in [3.05, 3.63) is 71.0 Å². The van der Waals surface area contributed by atoms with E-state index in [0.29, 0.717) is 24.5 Å². The highest BCUT2D eigenvalue weighted by Gasteiger charge is 2.25. The highest BCUT2D eigenvalue weighted by Crippen LogP contribution is 2.20. The van der Waals surface area contributed by atoms with Gasteiger partial charge in [0.25, 0.3) is 5.56 Å². The van der Waals surface area contributed by atoms with Crippen molar-refractivity contribution in [2.24, 2.45) is 5.92 Å². The Morgan fingerprint density at radius 1 is 1.03 bits per heavy atom. The molecule has 0 spiro atoms. The molecule has 0 aliphatic carbocycles. The van der Waals surface area contributed by atoms with Crippen LogP contribution in [0, 0.1) is 5.92 Å². The van der Waals surface area contributed by atoms with Gasteiger partial charge >= 0.3 is 11.9 Å². The number of aromatic amines is 1. The van der Waals surface area contributed by atoms with Crippen LogP contribution >= 0.6 is 0 Å². The van der Waals surface area contributed by atoms with Gasteiger partial charge in [-0.05, 0) is 56.3 Å². The summed E-state index contributed by atoms with van der Waals surface area (Å²) >= 11 is 0. The van der Waals surface area contributed by atoms with E-state index in [1.54, 1.807) is 24.5 Å². The number of hydrogen-bond acceptors (Lipinski definition) is 8. The highest BCUT2D eigenvalue weighted by atomic mass is 16.4. The third-order valence-corrected chi connectivity index (χ3v) is 6.22. The molecule has 13 nitrogen and oxygen atoms in total. The van der Waals surface area contributed by atoms with Crippen molar-refractivity contribution in [1.82, 2.24) is 30.0 Å². The Hall–Kier alpha value is -4.78. The average Bonchev–Trinajstić information content (AvgIpc) is 3.60. The largest absolute Gasteiger partial charge is 0.473 e. The number of nitrogens with one attached hydrogen (secondary N) is 2. The standard InChI is InChI=1S/C24H26N6O3.C2H2O4/c31-23-8-7-20(21-6-3-15-33-21)28-30(23)14-11-25-24(32)17-9-12-29(13-10-17)16-22-26-18-4-1-2-5-19(18)27-22;3-1(4)2(5)6/h1-8,15,17H,9-14,16H2,(H,25,32)(H,26,27);(H,3,4)(H,5,6). The first-order chi connectivity index (χ1) is 18.8. The summed E-state index contributed by atoms with van der Waals surface area (Å²) in [7, 11) is 0. The van der Waals surface area contributed by atoms with Crippen molar-refractivity contribution < 1.29 is 29.0 Å². The van der Waals surface area contributed by atoms with E-state index in [-0.39, 0.29) is 17.4 Å². The Bertz CT molecular complexity index is 1440. The maximum absolute atomic E-state index is 12.6. The number of amides is 1. The molecule has 3 aromatic heterocycles. The molecule has 1 amide bonds. The smallest absolute Gasteiger partial charge is 0.414 e. The van der Waals surface area contributed by atoms with Crippen LogP contribution in [0.15, 0.2) is 64.0 Å². The molecule has 5 rings (SSSR count). The van der Waals surface area contributed by atoms with Crippen LogP contribution in [0.4, 0.5) is 0 Å². The number of likely N-dealkylation sites (tertiary alicyclic amines) is 1. The van der Waals surface area contributed by atoms with E-state index in [9.17, 15) is 9.59 Å². The fourth-order valence-corrected chi connectivity index (χ4v) is 4.24. The van der Waals surface area contributed by atoms with Crippen molar-refractivity contribution in [2.45, 2.75) is 25.9 Å². The topological polar surface area (TPSA) is 184 Å². The van der Waals surface area contributed by atoms with Crippen LogP contribution in [-0.2, 0) is 27.5 Å². The van der Waals surface area contributed by atoms with Crippen molar-refractivity contribution in [3.63, 3.8) is 0 Å². The normalized spacial score (nSPS) is 13.9. The van der Waals surface area contributed by atoms with Gasteiger partial charge in [0.15, 0.2) is 5.76 Å². The molecule has 1 aliphatic heterocycles. The minimum Gasteiger partial charge on any atom is -0.473 e. The van der Waals surface area contributed by atoms with Crippen LogP contribution in [0.1, 0.15) is 18.7 Å². The molecular weight excluding hydrogens is 508 g/mol. The lowest BCUT2D eigenvalue weighted by Crippen LogP contribution is -2.41. The second kappa shape index (κ2) is 12.6. The number of carbonyl (C=O) groups is 3. The third-order valence-electron chi connectivity index (χ3n) is 6.22. The van der Waals surface area contributed by atoms with Gasteiger partial charge in [0.2, 0.25) is 5.91 Å². The highest BCUT2D eigenvalue weighted by molar-refractivity contribution is 6.27. The predicted octanol–water partition coefficient (Wildman–Crippen LogP) is 1.56. The maximum Gasteiger partial charge on any atom is 0.414 e. The number of aliphatic carboxylic acids is 2. The van der Waals surface area contributed by atoms with Gasteiger partial charge in [-0.1, -0.05) is 12.1 Å². The molecule has 4 heterocycles. The Labute approximate surface area is 222 Å². The van der Waals surface area contributed by atoms with Gasteiger partial charge in [0.1, 0.15) is 11.5 Å². The van der Waals surface area contributed by atoms with Crippen LogP contribution in [0.5, 0.6) is 0 Å². The second-order valence-electron chi connectivity index (χ2n) is 8.91. The first-order valence-electron chi connectivity index (χ1n) is 12.3. The summed E-state index contributed by atoms with van der Waals surface area (Å²) in [6.45, 7) is 3.11. The molecule has 0 radical (unpaired) electrons. The molecule has 4 N–H and O–H groups in total. The summed E-state index contributed by atoms with van der Waals surface area (Å²) in [5.41, 5.74) is 2.40. The number of benzene rings is 1. The van der Waals surface area contributed by atoms with E-state index in [4.69, 9.17) is 24.2 Å². The molecule has 0 bridgehead atoms. The summed E-state index contributed by atoms with van der Waals surface area (Å²) in [4.78, 5) is 53.3. The summed E-state index contributed by atoms with van der Waals surface area (Å²) in [5.74, 6) is -2.08. The van der Waals surface area contributed by atoms with E-state index in [1.807, 2.05) is 24.3 Å². The zero-order chi connectivity index (χ0) is 27.8. The number of carbonyl (C=O) groups excluding carboxylic acids is 1. The van der Waals surface area contributed by atoms with E-state index in [1.165, 1.54) is 10.7 Å². The Balaban J connectivity index is 0.000000531. The molecule has 1 saturated heterocycles. The van der Waals surface area contributed by atoms with Crippen LogP contribution in [0.3, 0.4) is 0 Å². The number of rotatable bonds is 7. The Kier molecular flexibility index (Phi) is 8.84. The molecule has 204 valence electrons. The van der Waals surface area contributed by atoms with E-state index >= 15 is 0 Å². The number of hydrogen-bond donors (Lipinski definition) is 4. The fraction of sp³-hybridized carbons (Fsp3) is 0.308. The molecule has 13 heteroatoms. The fourth-order valence-electron chi connectivity index (χ4n) is 4.24. The van der Waals surface area contributed by atoms with Crippen LogP contribution in [0.2, 0.25) is 0 Å². The summed E-state index contributed by atoms with van der Waals surface area (Å²) in [5, 5.41) is 22.1. The first-order valence-corrected chi connectivity index (χ1v) is 12.3. The lowest BCUT2D eigenvalue weighted by molar-refractivity contribution is -0.159. The van der Waals surface area contributed by atoms with Gasteiger partial charge in [0.05, 0.1) is 30.4 Å². The molecule has 4 aromatic rings. The lowest BCUT2D eigenvalue weighted by atomic mass is 9.96. The average molecular weight is 537 g/mol. The number of H-pyrrole nitrogens is 1. The maximum atomic E-state index is 12.6. The summed E-state index contributed by atoms with van der Waals surface area (Å²) in [6, 6.07) is 14.7. The molecule has 0 unspecified atom stereocenters. The minimum atomic E-state index is -1.82. The van der Waals surface area contributed by atoms with Crippen LogP contribution < -0.4 is 10.9 Å². The number of furan rings is 1. The van der Waals surface area contributed by atoms with Crippen LogP contribution in [-0.4, -0.2) is 72.3 Å². The van der Waals surface area contributed by atoms with Gasteiger partial charge in [-0.15, -0.1) is 0 Å². The van der Waals surface area contributed by atoms with Gasteiger partial charge < -0.3 is 24.9 Å². The number of para-hydroxylation sites is 2. The quantitative estimate of drug-likeness (QED) is 0.253. The van der Waals surface area contributed by atoms with E-state index < -0.39 is 11.9 Å². The zero-order valence-electron chi connectivity index (χ0n) is 20.9. The van der Waals surface area contributed by atoms with E-state index in [2.05, 4.69) is 25.3 Å². The molecule has 0 saturated carbocycles. The number of nitrogens with zero attached hydrogens (tertiary/aromatic N) is 4. The summed E-state index contributed by atoms with van der Waals surface area (Å²) < 4.78 is 6.70. The number of carboxylic acids is 2. The number of imidazole rings is 1.